The summed E-state index contributed by atoms with van der Waals surface area (Å²) >= 11 is 7.11. The predicted octanol–water partition coefficient (Wildman–Crippen LogP) is 3.24. The Hall–Kier alpha value is -1.74. The van der Waals surface area contributed by atoms with Crippen molar-refractivity contribution in [3.05, 3.63) is 52.2 Å². The number of hydrogen-bond acceptors (Lipinski definition) is 6. The summed E-state index contributed by atoms with van der Waals surface area (Å²) in [5.41, 5.74) is 1.29. The molecule has 0 spiro atoms. The summed E-state index contributed by atoms with van der Waals surface area (Å²) in [6, 6.07) is 8.58. The molecule has 0 unspecified atom stereocenters. The number of aryl methyl sites for hydroxylation is 1. The molecule has 0 amide bonds. The van der Waals surface area contributed by atoms with Gasteiger partial charge in [0.05, 0.1) is 5.56 Å². The first-order chi connectivity index (χ1) is 11.0. The standard InChI is InChI=1S/C14H12ClN3O3S2/c1-9-17-18-14(21-9)11-6-13(22-8-11)23(19,20)16-7-10-4-2-3-5-12(10)15/h2-6,8,16H,7H2,1H3. The molecule has 2 aromatic heterocycles. The Morgan fingerprint density at radius 2 is 2.09 bits per heavy atom. The number of halogens is 1. The molecule has 0 fully saturated rings. The highest BCUT2D eigenvalue weighted by molar-refractivity contribution is 7.91. The summed E-state index contributed by atoms with van der Waals surface area (Å²) in [7, 11) is -3.64. The first kappa shape index (κ1) is 16.1. The molecule has 0 aliphatic rings. The van der Waals surface area contributed by atoms with E-state index in [1.807, 2.05) is 0 Å². The number of rotatable bonds is 5. The number of aromatic nitrogens is 2. The van der Waals surface area contributed by atoms with Crippen molar-refractivity contribution in [2.24, 2.45) is 0 Å². The monoisotopic (exact) mass is 369 g/mol. The van der Waals surface area contributed by atoms with Gasteiger partial charge >= 0.3 is 0 Å². The van der Waals surface area contributed by atoms with Crippen molar-refractivity contribution in [2.45, 2.75) is 17.7 Å². The molecule has 0 aliphatic heterocycles. The molecule has 0 radical (unpaired) electrons. The molecule has 0 aliphatic carbocycles. The number of hydrogen-bond donors (Lipinski definition) is 1. The molecular weight excluding hydrogens is 358 g/mol. The van der Waals surface area contributed by atoms with E-state index in [1.165, 1.54) is 6.07 Å². The molecule has 3 rings (SSSR count). The number of sulfonamides is 1. The van der Waals surface area contributed by atoms with Crippen LogP contribution in [0.4, 0.5) is 0 Å². The highest BCUT2D eigenvalue weighted by Gasteiger charge is 2.19. The van der Waals surface area contributed by atoms with Crippen LogP contribution in [-0.2, 0) is 16.6 Å². The SMILES string of the molecule is Cc1nnc(-c2csc(S(=O)(=O)NCc3ccccc3Cl)c2)o1. The second-order valence-corrected chi connectivity index (χ2v) is 8.01. The lowest BCUT2D eigenvalue weighted by atomic mass is 10.2. The Balaban J connectivity index is 1.78. The van der Waals surface area contributed by atoms with Crippen molar-refractivity contribution in [1.29, 1.82) is 0 Å². The van der Waals surface area contributed by atoms with Gasteiger partial charge in [-0.1, -0.05) is 29.8 Å². The normalized spacial score (nSPS) is 11.7. The van der Waals surface area contributed by atoms with Crippen LogP contribution in [0.3, 0.4) is 0 Å². The molecule has 0 saturated heterocycles. The largest absolute Gasteiger partial charge is 0.421 e. The van der Waals surface area contributed by atoms with E-state index in [-0.39, 0.29) is 10.8 Å². The van der Waals surface area contributed by atoms with E-state index in [4.69, 9.17) is 16.0 Å². The third-order valence-electron chi connectivity index (χ3n) is 3.02. The molecule has 23 heavy (non-hydrogen) atoms. The van der Waals surface area contributed by atoms with Gasteiger partial charge < -0.3 is 4.42 Å². The molecule has 0 bridgehead atoms. The maximum atomic E-state index is 12.4. The summed E-state index contributed by atoms with van der Waals surface area (Å²) < 4.78 is 32.7. The lowest BCUT2D eigenvalue weighted by Crippen LogP contribution is -2.22. The summed E-state index contributed by atoms with van der Waals surface area (Å²) in [4.78, 5) is 0. The zero-order valence-electron chi connectivity index (χ0n) is 12.0. The third kappa shape index (κ3) is 3.61. The maximum Gasteiger partial charge on any atom is 0.250 e. The van der Waals surface area contributed by atoms with E-state index < -0.39 is 10.0 Å². The van der Waals surface area contributed by atoms with Gasteiger partial charge in [-0.3, -0.25) is 0 Å². The minimum atomic E-state index is -3.64. The highest BCUT2D eigenvalue weighted by atomic mass is 35.5. The van der Waals surface area contributed by atoms with Gasteiger partial charge in [0, 0.05) is 23.9 Å². The van der Waals surface area contributed by atoms with Crippen LogP contribution < -0.4 is 4.72 Å². The Kier molecular flexibility index (Phi) is 4.49. The van der Waals surface area contributed by atoms with E-state index in [9.17, 15) is 8.42 Å². The van der Waals surface area contributed by atoms with Crippen molar-refractivity contribution < 1.29 is 12.8 Å². The minimum Gasteiger partial charge on any atom is -0.421 e. The van der Waals surface area contributed by atoms with Gasteiger partial charge in [-0.15, -0.1) is 21.5 Å². The Morgan fingerprint density at radius 1 is 1.30 bits per heavy atom. The van der Waals surface area contributed by atoms with Crippen LogP contribution in [0.15, 0.2) is 44.3 Å². The lowest BCUT2D eigenvalue weighted by Gasteiger charge is -2.06. The van der Waals surface area contributed by atoms with Crippen molar-refractivity contribution in [3.63, 3.8) is 0 Å². The molecule has 1 N–H and O–H groups in total. The summed E-state index contributed by atoms with van der Waals surface area (Å²) in [5, 5.41) is 9.78. The fraction of sp³-hybridized carbons (Fsp3) is 0.143. The zero-order chi connectivity index (χ0) is 16.4. The van der Waals surface area contributed by atoms with Gasteiger partial charge in [0.25, 0.3) is 0 Å². The highest BCUT2D eigenvalue weighted by Crippen LogP contribution is 2.27. The second kappa shape index (κ2) is 6.40. The minimum absolute atomic E-state index is 0.120. The molecule has 3 aromatic rings. The first-order valence-electron chi connectivity index (χ1n) is 6.58. The van der Waals surface area contributed by atoms with Crippen LogP contribution in [0.2, 0.25) is 5.02 Å². The smallest absolute Gasteiger partial charge is 0.250 e. The van der Waals surface area contributed by atoms with Crippen LogP contribution in [0, 0.1) is 6.92 Å². The third-order valence-corrected chi connectivity index (χ3v) is 6.23. The van der Waals surface area contributed by atoms with Gasteiger partial charge in [-0.25, -0.2) is 13.1 Å². The molecule has 0 atom stereocenters. The summed E-state index contributed by atoms with van der Waals surface area (Å²) in [6.07, 6.45) is 0. The summed E-state index contributed by atoms with van der Waals surface area (Å²) in [5.74, 6) is 0.721. The first-order valence-corrected chi connectivity index (χ1v) is 9.32. The van der Waals surface area contributed by atoms with Crippen molar-refractivity contribution >= 4 is 33.0 Å². The van der Waals surface area contributed by atoms with E-state index in [2.05, 4.69) is 14.9 Å². The van der Waals surface area contributed by atoms with Crippen molar-refractivity contribution in [3.8, 4) is 11.5 Å². The van der Waals surface area contributed by atoms with E-state index in [1.54, 1.807) is 36.6 Å². The molecule has 120 valence electrons. The quantitative estimate of drug-likeness (QED) is 0.746. The van der Waals surface area contributed by atoms with Gasteiger partial charge in [-0.2, -0.15) is 0 Å². The fourth-order valence-electron chi connectivity index (χ4n) is 1.87. The topological polar surface area (TPSA) is 85.1 Å². The van der Waals surface area contributed by atoms with Crippen LogP contribution in [0.5, 0.6) is 0 Å². The zero-order valence-corrected chi connectivity index (χ0v) is 14.4. The molecule has 6 nitrogen and oxygen atoms in total. The lowest BCUT2D eigenvalue weighted by molar-refractivity contribution is 0.533. The Labute approximate surface area is 142 Å². The Morgan fingerprint density at radius 3 is 2.78 bits per heavy atom. The van der Waals surface area contributed by atoms with Crippen molar-refractivity contribution in [2.75, 3.05) is 0 Å². The van der Waals surface area contributed by atoms with Gasteiger partial charge in [-0.05, 0) is 17.7 Å². The van der Waals surface area contributed by atoms with E-state index in [0.717, 1.165) is 11.3 Å². The number of nitrogens with one attached hydrogen (secondary N) is 1. The maximum absolute atomic E-state index is 12.4. The van der Waals surface area contributed by atoms with Crippen LogP contribution in [0.25, 0.3) is 11.5 Å². The molecule has 0 saturated carbocycles. The molecule has 9 heteroatoms. The number of nitrogens with zero attached hydrogens (tertiary/aromatic N) is 2. The van der Waals surface area contributed by atoms with Crippen LogP contribution >= 0.6 is 22.9 Å². The molecule has 1 aromatic carbocycles. The van der Waals surface area contributed by atoms with E-state index in [0.29, 0.717) is 27.9 Å². The van der Waals surface area contributed by atoms with Gasteiger partial charge in [0.1, 0.15) is 4.21 Å². The number of benzene rings is 1. The Bertz CT molecular complexity index is 934. The molecule has 2 heterocycles. The van der Waals surface area contributed by atoms with Gasteiger partial charge in [0.2, 0.25) is 21.8 Å². The second-order valence-electron chi connectivity index (χ2n) is 4.70. The fourth-order valence-corrected chi connectivity index (χ4v) is 4.28. The summed E-state index contributed by atoms with van der Waals surface area (Å²) in [6.45, 7) is 1.79. The van der Waals surface area contributed by atoms with Crippen LogP contribution in [-0.4, -0.2) is 18.6 Å². The van der Waals surface area contributed by atoms with E-state index >= 15 is 0 Å². The van der Waals surface area contributed by atoms with Crippen molar-refractivity contribution in [1.82, 2.24) is 14.9 Å². The average Bonchev–Trinajstić information content (AvgIpc) is 3.15. The predicted molar refractivity (Wildman–Crippen MR) is 87.8 cm³/mol. The molecular formula is C14H12ClN3O3S2. The van der Waals surface area contributed by atoms with Crippen LogP contribution in [0.1, 0.15) is 11.5 Å². The average molecular weight is 370 g/mol. The number of thiophene rings is 1. The van der Waals surface area contributed by atoms with Gasteiger partial charge in [0.15, 0.2) is 0 Å².